The minimum atomic E-state index is -0.979. The molecule has 0 fully saturated rings. The minimum Gasteiger partial charge on any atom is -0.469 e. The molecule has 0 saturated carbocycles. The van der Waals surface area contributed by atoms with Crippen LogP contribution in [0.3, 0.4) is 0 Å². The van der Waals surface area contributed by atoms with E-state index < -0.39 is 23.6 Å². The number of carbonyl (C=O) groups excluding carboxylic acids is 1. The van der Waals surface area contributed by atoms with E-state index in [1.807, 2.05) is 0 Å². The molecule has 90 valence electrons. The lowest BCUT2D eigenvalue weighted by Crippen LogP contribution is -2.16. The van der Waals surface area contributed by atoms with E-state index in [1.54, 1.807) is 0 Å². The highest BCUT2D eigenvalue weighted by molar-refractivity contribution is 5.85. The molecule has 2 N–H and O–H groups in total. The fraction of sp³-hybridized carbons (Fsp3) is 0.300. The van der Waals surface area contributed by atoms with Crippen molar-refractivity contribution < 1.29 is 18.3 Å². The molecule has 1 aromatic carbocycles. The summed E-state index contributed by atoms with van der Waals surface area (Å²) in [5.41, 5.74) is 5.96. The number of esters is 1. The number of benzene rings is 1. The van der Waals surface area contributed by atoms with Crippen LogP contribution in [0, 0.1) is 11.6 Å². The van der Waals surface area contributed by atoms with Crippen molar-refractivity contribution in [3.63, 3.8) is 0 Å². The van der Waals surface area contributed by atoms with Gasteiger partial charge in [0.2, 0.25) is 0 Å². The number of hydrogen-bond donors (Lipinski definition) is 1. The van der Waals surface area contributed by atoms with Gasteiger partial charge in [0.15, 0.2) is 11.6 Å². The lowest BCUT2D eigenvalue weighted by atomic mass is 10.0. The maximum atomic E-state index is 12.8. The van der Waals surface area contributed by atoms with Crippen LogP contribution in [0.4, 0.5) is 8.78 Å². The topological polar surface area (TPSA) is 52.3 Å². The Morgan fingerprint density at radius 1 is 1.44 bits per heavy atom. The summed E-state index contributed by atoms with van der Waals surface area (Å²) in [7, 11) is 1.24. The Bertz CT molecular complexity index is 374. The largest absolute Gasteiger partial charge is 0.469 e. The van der Waals surface area contributed by atoms with E-state index in [1.165, 1.54) is 13.2 Å². The van der Waals surface area contributed by atoms with Crippen molar-refractivity contribution in [3.05, 3.63) is 35.4 Å². The zero-order valence-electron chi connectivity index (χ0n) is 8.57. The van der Waals surface area contributed by atoms with Gasteiger partial charge < -0.3 is 10.5 Å². The summed E-state index contributed by atoms with van der Waals surface area (Å²) in [4.78, 5) is 10.9. The van der Waals surface area contributed by atoms with Crippen LogP contribution < -0.4 is 5.73 Å². The molecule has 0 radical (unpaired) electrons. The van der Waals surface area contributed by atoms with Gasteiger partial charge in [-0.15, -0.1) is 12.4 Å². The maximum absolute atomic E-state index is 12.8. The van der Waals surface area contributed by atoms with Crippen molar-refractivity contribution in [2.75, 3.05) is 7.11 Å². The van der Waals surface area contributed by atoms with E-state index >= 15 is 0 Å². The molecular formula is C10H12ClF2NO2. The van der Waals surface area contributed by atoms with Crippen molar-refractivity contribution in [2.45, 2.75) is 12.5 Å². The summed E-state index contributed by atoms with van der Waals surface area (Å²) in [6.07, 6.45) is -0.0679. The van der Waals surface area contributed by atoms with Crippen molar-refractivity contribution in [3.8, 4) is 0 Å². The molecule has 0 aliphatic carbocycles. The van der Waals surface area contributed by atoms with Crippen LogP contribution in [-0.2, 0) is 9.53 Å². The van der Waals surface area contributed by atoms with Crippen molar-refractivity contribution in [1.82, 2.24) is 0 Å². The Morgan fingerprint density at radius 3 is 2.56 bits per heavy atom. The van der Waals surface area contributed by atoms with Gasteiger partial charge in [-0.05, 0) is 17.7 Å². The van der Waals surface area contributed by atoms with E-state index in [2.05, 4.69) is 4.74 Å². The number of rotatable bonds is 3. The normalized spacial score (nSPS) is 11.5. The smallest absolute Gasteiger partial charge is 0.307 e. The van der Waals surface area contributed by atoms with Gasteiger partial charge in [-0.1, -0.05) is 6.07 Å². The fourth-order valence-corrected chi connectivity index (χ4v) is 1.12. The van der Waals surface area contributed by atoms with Gasteiger partial charge >= 0.3 is 5.97 Å². The third-order valence-corrected chi connectivity index (χ3v) is 1.99. The van der Waals surface area contributed by atoms with Gasteiger partial charge in [-0.2, -0.15) is 0 Å². The first-order valence-electron chi connectivity index (χ1n) is 4.32. The highest BCUT2D eigenvalue weighted by Gasteiger charge is 2.13. The summed E-state index contributed by atoms with van der Waals surface area (Å²) < 4.78 is 29.8. The van der Waals surface area contributed by atoms with E-state index in [0.717, 1.165) is 12.1 Å². The molecule has 0 aromatic heterocycles. The van der Waals surface area contributed by atoms with Crippen LogP contribution in [0.1, 0.15) is 18.0 Å². The molecule has 0 aliphatic rings. The van der Waals surface area contributed by atoms with Gasteiger partial charge in [-0.25, -0.2) is 8.78 Å². The molecule has 1 rings (SSSR count). The second-order valence-electron chi connectivity index (χ2n) is 3.06. The molecule has 0 bridgehead atoms. The Hall–Kier alpha value is -1.20. The standard InChI is InChI=1S/C10H11F2NO2.ClH/c1-15-10(14)5-9(13)6-2-3-7(11)8(12)4-6;/h2-4,9H,5,13H2,1H3;1H/t9-;/m1./s1. The van der Waals surface area contributed by atoms with Crippen LogP contribution in [-0.4, -0.2) is 13.1 Å². The summed E-state index contributed by atoms with van der Waals surface area (Å²) in [6.45, 7) is 0. The van der Waals surface area contributed by atoms with Gasteiger partial charge in [-0.3, -0.25) is 4.79 Å². The van der Waals surface area contributed by atoms with Crippen LogP contribution in [0.15, 0.2) is 18.2 Å². The van der Waals surface area contributed by atoms with Crippen LogP contribution in [0.25, 0.3) is 0 Å². The Labute approximate surface area is 98.0 Å². The highest BCUT2D eigenvalue weighted by Crippen LogP contribution is 2.17. The molecule has 1 aromatic rings. The lowest BCUT2D eigenvalue weighted by Gasteiger charge is -2.10. The van der Waals surface area contributed by atoms with Gasteiger partial charge in [0.1, 0.15) is 0 Å². The molecule has 0 amide bonds. The number of halogens is 3. The number of carbonyl (C=O) groups is 1. The first-order valence-corrected chi connectivity index (χ1v) is 4.32. The quantitative estimate of drug-likeness (QED) is 0.836. The second-order valence-corrected chi connectivity index (χ2v) is 3.06. The molecule has 0 unspecified atom stereocenters. The fourth-order valence-electron chi connectivity index (χ4n) is 1.12. The SMILES string of the molecule is COC(=O)C[C@@H](N)c1ccc(F)c(F)c1.Cl. The maximum Gasteiger partial charge on any atom is 0.307 e. The van der Waals surface area contributed by atoms with Crippen LogP contribution in [0.2, 0.25) is 0 Å². The Kier molecular flexibility index (Phi) is 5.92. The number of nitrogens with two attached hydrogens (primary N) is 1. The molecular weight excluding hydrogens is 240 g/mol. The van der Waals surface area contributed by atoms with Crippen LogP contribution in [0.5, 0.6) is 0 Å². The molecule has 0 aliphatic heterocycles. The minimum absolute atomic E-state index is 0. The molecule has 6 heteroatoms. The molecule has 3 nitrogen and oxygen atoms in total. The number of hydrogen-bond acceptors (Lipinski definition) is 3. The van der Waals surface area contributed by atoms with E-state index in [-0.39, 0.29) is 18.8 Å². The van der Waals surface area contributed by atoms with E-state index in [9.17, 15) is 13.6 Å². The predicted octanol–water partition coefficient (Wildman–Crippen LogP) is 1.95. The summed E-state index contributed by atoms with van der Waals surface area (Å²) in [6, 6.07) is 2.60. The zero-order chi connectivity index (χ0) is 11.4. The Morgan fingerprint density at radius 2 is 2.06 bits per heavy atom. The summed E-state index contributed by atoms with van der Waals surface area (Å²) >= 11 is 0. The van der Waals surface area contributed by atoms with Crippen molar-refractivity contribution in [1.29, 1.82) is 0 Å². The average Bonchev–Trinajstić information content (AvgIpc) is 2.21. The first kappa shape index (κ1) is 14.8. The molecule has 1 atom stereocenters. The third kappa shape index (κ3) is 3.75. The number of ether oxygens (including phenoxy) is 1. The lowest BCUT2D eigenvalue weighted by molar-refractivity contribution is -0.141. The predicted molar refractivity (Wildman–Crippen MR) is 57.2 cm³/mol. The zero-order valence-corrected chi connectivity index (χ0v) is 9.39. The van der Waals surface area contributed by atoms with Gasteiger partial charge in [0, 0.05) is 6.04 Å². The summed E-state index contributed by atoms with van der Waals surface area (Å²) in [5.74, 6) is -2.41. The highest BCUT2D eigenvalue weighted by atomic mass is 35.5. The monoisotopic (exact) mass is 251 g/mol. The van der Waals surface area contributed by atoms with E-state index in [4.69, 9.17) is 5.73 Å². The first-order chi connectivity index (χ1) is 7.04. The third-order valence-electron chi connectivity index (χ3n) is 1.99. The molecule has 16 heavy (non-hydrogen) atoms. The number of methoxy groups -OCH3 is 1. The van der Waals surface area contributed by atoms with Crippen molar-refractivity contribution in [2.24, 2.45) is 5.73 Å². The molecule has 0 spiro atoms. The van der Waals surface area contributed by atoms with E-state index in [0.29, 0.717) is 5.56 Å². The summed E-state index contributed by atoms with van der Waals surface area (Å²) in [5, 5.41) is 0. The van der Waals surface area contributed by atoms with Gasteiger partial charge in [0.05, 0.1) is 13.5 Å². The second kappa shape index (κ2) is 6.40. The van der Waals surface area contributed by atoms with Crippen LogP contribution >= 0.6 is 12.4 Å². The Balaban J connectivity index is 0.00000225. The molecule has 0 saturated heterocycles. The van der Waals surface area contributed by atoms with Crippen molar-refractivity contribution >= 4 is 18.4 Å². The average molecular weight is 252 g/mol. The molecule has 0 heterocycles. The van der Waals surface area contributed by atoms with Gasteiger partial charge in [0.25, 0.3) is 0 Å².